The molecule has 0 bridgehead atoms. The van der Waals surface area contributed by atoms with Gasteiger partial charge in [-0.25, -0.2) is 0 Å². The van der Waals surface area contributed by atoms with Crippen LogP contribution in [0.2, 0.25) is 0 Å². The number of halogens is 3. The van der Waals surface area contributed by atoms with Crippen molar-refractivity contribution in [3.63, 3.8) is 0 Å². The molecule has 0 aliphatic heterocycles. The van der Waals surface area contributed by atoms with Gasteiger partial charge < -0.3 is 5.73 Å². The second kappa shape index (κ2) is 3.39. The Morgan fingerprint density at radius 3 is 2.36 bits per heavy atom. The average molecular weight is 165 g/mol. The second-order valence-electron chi connectivity index (χ2n) is 1.88. The first-order valence-corrected chi connectivity index (χ1v) is 2.69. The largest absolute Gasteiger partial charge is 0.451 e. The molecule has 1 atom stereocenters. The fourth-order valence-corrected chi connectivity index (χ4v) is 0.430. The van der Waals surface area contributed by atoms with Crippen LogP contribution in [-0.2, 0) is 4.79 Å². The summed E-state index contributed by atoms with van der Waals surface area (Å²) in [5.41, 5.74) is 4.80. The van der Waals surface area contributed by atoms with E-state index in [0.29, 0.717) is 0 Å². The Hall–Kier alpha value is -1.02. The van der Waals surface area contributed by atoms with Crippen LogP contribution >= 0.6 is 0 Å². The number of hydrogen-bond acceptors (Lipinski definition) is 2. The molecule has 0 aromatic carbocycles. The van der Waals surface area contributed by atoms with Crippen molar-refractivity contribution in [2.75, 3.05) is 0 Å². The molecule has 0 amide bonds. The zero-order valence-corrected chi connectivity index (χ0v) is 5.48. The number of hydrogen-bond donors (Lipinski definition) is 1. The average Bonchev–Trinajstić information content (AvgIpc) is 1.85. The maximum atomic E-state index is 11.5. The van der Waals surface area contributed by atoms with Gasteiger partial charge >= 0.3 is 6.18 Å². The van der Waals surface area contributed by atoms with Gasteiger partial charge in [0.2, 0.25) is 0 Å². The Morgan fingerprint density at radius 1 is 1.64 bits per heavy atom. The van der Waals surface area contributed by atoms with E-state index in [9.17, 15) is 18.0 Å². The number of carbonyl (C=O) groups is 1. The summed E-state index contributed by atoms with van der Waals surface area (Å²) in [6, 6.07) is -1.63. The second-order valence-corrected chi connectivity index (χ2v) is 1.88. The molecule has 0 spiro atoms. The number of rotatable bonds is 2. The Bertz CT molecular complexity index is 191. The third-order valence-electron chi connectivity index (χ3n) is 0.954. The van der Waals surface area contributed by atoms with E-state index >= 15 is 0 Å². The van der Waals surface area contributed by atoms with E-state index in [4.69, 9.17) is 5.73 Å². The van der Waals surface area contributed by atoms with E-state index in [-0.39, 0.29) is 0 Å². The molecule has 11 heavy (non-hydrogen) atoms. The summed E-state index contributed by atoms with van der Waals surface area (Å²) >= 11 is 0. The Kier molecular flexibility index (Phi) is 3.08. The summed E-state index contributed by atoms with van der Waals surface area (Å²) in [5.74, 6) is -0.102. The number of Topliss-reactive ketones (excluding diaryl/α,β-unsaturated/α-hetero) is 1. The molecule has 0 aliphatic rings. The van der Waals surface area contributed by atoms with Crippen LogP contribution in [0, 0.1) is 12.3 Å². The summed E-state index contributed by atoms with van der Waals surface area (Å²) in [5, 5.41) is 0. The minimum Gasteiger partial charge on any atom is -0.320 e. The number of nitrogens with two attached hydrogens (primary N) is 1. The zero-order chi connectivity index (χ0) is 9.07. The predicted octanol–water partition coefficient (Wildman–Crippen LogP) is 0.468. The van der Waals surface area contributed by atoms with Crippen LogP contribution in [-0.4, -0.2) is 18.0 Å². The van der Waals surface area contributed by atoms with E-state index in [0.717, 1.165) is 0 Å². The highest BCUT2D eigenvalue weighted by Gasteiger charge is 2.41. The summed E-state index contributed by atoms with van der Waals surface area (Å²) in [6.45, 7) is 0. The number of alkyl halides is 3. The molecule has 0 aliphatic carbocycles. The third-order valence-corrected chi connectivity index (χ3v) is 0.954. The van der Waals surface area contributed by atoms with Gasteiger partial charge in [0.05, 0.1) is 6.04 Å². The molecule has 0 aromatic heterocycles. The first-order chi connectivity index (χ1) is 4.89. The smallest absolute Gasteiger partial charge is 0.320 e. The van der Waals surface area contributed by atoms with Gasteiger partial charge in [0.1, 0.15) is 0 Å². The highest BCUT2D eigenvalue weighted by Crippen LogP contribution is 2.17. The summed E-state index contributed by atoms with van der Waals surface area (Å²) in [7, 11) is 0. The monoisotopic (exact) mass is 165 g/mol. The zero-order valence-electron chi connectivity index (χ0n) is 5.48. The van der Waals surface area contributed by atoms with Gasteiger partial charge in [-0.15, -0.1) is 12.3 Å². The van der Waals surface area contributed by atoms with E-state index < -0.39 is 24.4 Å². The van der Waals surface area contributed by atoms with E-state index in [1.807, 2.05) is 5.92 Å². The van der Waals surface area contributed by atoms with Gasteiger partial charge in [0.25, 0.3) is 5.78 Å². The molecular weight excluding hydrogens is 159 g/mol. The van der Waals surface area contributed by atoms with Gasteiger partial charge in [0.15, 0.2) is 0 Å². The molecule has 5 heteroatoms. The fourth-order valence-electron chi connectivity index (χ4n) is 0.430. The van der Waals surface area contributed by atoms with E-state index in [1.165, 1.54) is 0 Å². The van der Waals surface area contributed by atoms with Crippen molar-refractivity contribution < 1.29 is 18.0 Å². The van der Waals surface area contributed by atoms with Crippen molar-refractivity contribution in [1.82, 2.24) is 0 Å². The first kappa shape index (κ1) is 9.98. The lowest BCUT2D eigenvalue weighted by Gasteiger charge is -2.08. The topological polar surface area (TPSA) is 43.1 Å². The molecule has 0 saturated heterocycles. The van der Waals surface area contributed by atoms with Crippen LogP contribution < -0.4 is 5.73 Å². The van der Waals surface area contributed by atoms with Crippen LogP contribution in [0.5, 0.6) is 0 Å². The Labute approximate surface area is 61.6 Å². The lowest BCUT2D eigenvalue weighted by atomic mass is 10.1. The first-order valence-electron chi connectivity index (χ1n) is 2.69. The third kappa shape index (κ3) is 3.05. The van der Waals surface area contributed by atoms with E-state index in [2.05, 4.69) is 6.42 Å². The highest BCUT2D eigenvalue weighted by atomic mass is 19.4. The minimum absolute atomic E-state index is 0.391. The fraction of sp³-hybridized carbons (Fsp3) is 0.500. The maximum Gasteiger partial charge on any atom is 0.451 e. The molecule has 0 radical (unpaired) electrons. The van der Waals surface area contributed by atoms with E-state index in [1.54, 1.807) is 0 Å². The molecule has 0 aromatic rings. The van der Waals surface area contributed by atoms with Gasteiger partial charge in [0, 0.05) is 6.42 Å². The summed E-state index contributed by atoms with van der Waals surface area (Å²) in [4.78, 5) is 10.2. The van der Waals surface area contributed by atoms with Gasteiger partial charge in [-0.05, 0) is 0 Å². The van der Waals surface area contributed by atoms with Crippen LogP contribution in [0.4, 0.5) is 13.2 Å². The predicted molar refractivity (Wildman–Crippen MR) is 32.5 cm³/mol. The Balaban J connectivity index is 4.17. The standard InChI is InChI=1S/C6H6F3NO/c1-2-3-4(10)5(11)6(7,8)9/h1,4H,3,10H2. The van der Waals surface area contributed by atoms with Crippen molar-refractivity contribution in [3.05, 3.63) is 0 Å². The highest BCUT2D eigenvalue weighted by molar-refractivity contribution is 5.89. The normalized spacial score (nSPS) is 13.7. The maximum absolute atomic E-state index is 11.5. The van der Waals surface area contributed by atoms with Crippen molar-refractivity contribution in [2.45, 2.75) is 18.6 Å². The molecule has 2 nitrogen and oxygen atoms in total. The minimum atomic E-state index is -4.88. The van der Waals surface area contributed by atoms with Crippen LogP contribution in [0.3, 0.4) is 0 Å². The summed E-state index contributed by atoms with van der Waals surface area (Å²) in [6.07, 6.45) is -0.608. The van der Waals surface area contributed by atoms with Crippen LogP contribution in [0.1, 0.15) is 6.42 Å². The van der Waals surface area contributed by atoms with Crippen molar-refractivity contribution in [2.24, 2.45) is 5.73 Å². The number of carbonyl (C=O) groups excluding carboxylic acids is 1. The lowest BCUT2D eigenvalue weighted by Crippen LogP contribution is -2.40. The molecule has 2 N–H and O–H groups in total. The summed E-state index contributed by atoms with van der Waals surface area (Å²) < 4.78 is 34.6. The molecular formula is C6H6F3NO. The number of terminal acetylenes is 1. The molecule has 0 heterocycles. The van der Waals surface area contributed by atoms with Gasteiger partial charge in [-0.1, -0.05) is 0 Å². The van der Waals surface area contributed by atoms with Gasteiger partial charge in [-0.2, -0.15) is 13.2 Å². The Morgan fingerprint density at radius 2 is 2.09 bits per heavy atom. The van der Waals surface area contributed by atoms with Gasteiger partial charge in [-0.3, -0.25) is 4.79 Å². The van der Waals surface area contributed by atoms with Crippen molar-refractivity contribution >= 4 is 5.78 Å². The van der Waals surface area contributed by atoms with Crippen LogP contribution in [0.25, 0.3) is 0 Å². The van der Waals surface area contributed by atoms with Crippen LogP contribution in [0.15, 0.2) is 0 Å². The number of ketones is 1. The molecule has 1 unspecified atom stereocenters. The molecule has 62 valence electrons. The molecule has 0 fully saturated rings. The lowest BCUT2D eigenvalue weighted by molar-refractivity contribution is -0.172. The SMILES string of the molecule is C#CCC(N)C(=O)C(F)(F)F. The van der Waals surface area contributed by atoms with Crippen molar-refractivity contribution in [1.29, 1.82) is 0 Å². The van der Waals surface area contributed by atoms with Crippen molar-refractivity contribution in [3.8, 4) is 12.3 Å². The quantitative estimate of drug-likeness (QED) is 0.604. The molecule has 0 saturated carbocycles. The molecule has 0 rings (SSSR count).